The van der Waals surface area contributed by atoms with Gasteiger partial charge in [0.15, 0.2) is 0 Å². The molecule has 1 aromatic carbocycles. The van der Waals surface area contributed by atoms with E-state index in [0.29, 0.717) is 31.5 Å². The van der Waals surface area contributed by atoms with E-state index in [1.165, 1.54) is 0 Å². The fraction of sp³-hybridized carbons (Fsp3) is 0.588. The topological polar surface area (TPSA) is 92.5 Å². The molecule has 0 saturated carbocycles. The average Bonchev–Trinajstić information content (AvgIpc) is 2.51. The van der Waals surface area contributed by atoms with Crippen LogP contribution in [0.4, 0.5) is 5.69 Å². The van der Waals surface area contributed by atoms with Crippen molar-refractivity contribution in [1.82, 2.24) is 5.32 Å². The zero-order chi connectivity index (χ0) is 17.6. The first kappa shape index (κ1) is 19.1. The normalized spacial score (nSPS) is 11.7. The van der Waals surface area contributed by atoms with Gasteiger partial charge in [-0.05, 0) is 24.3 Å². The van der Waals surface area contributed by atoms with E-state index in [2.05, 4.69) is 5.32 Å². The summed E-state index contributed by atoms with van der Waals surface area (Å²) in [6, 6.07) is 5.21. The maximum atomic E-state index is 11.5. The minimum absolute atomic E-state index is 0.0808. The van der Waals surface area contributed by atoms with Crippen LogP contribution in [0.3, 0.4) is 0 Å². The monoisotopic (exact) mass is 322 g/mol. The Hall–Kier alpha value is -1.95. The van der Waals surface area contributed by atoms with Gasteiger partial charge in [-0.25, -0.2) is 0 Å². The van der Waals surface area contributed by atoms with Gasteiger partial charge in [-0.3, -0.25) is 14.9 Å². The molecule has 0 heterocycles. The average molecular weight is 322 g/mol. The van der Waals surface area contributed by atoms with Gasteiger partial charge in [0.05, 0.1) is 10.3 Å². The third-order valence-electron chi connectivity index (χ3n) is 4.51. The maximum Gasteiger partial charge on any atom is 0.310 e. The van der Waals surface area contributed by atoms with E-state index < -0.39 is 11.4 Å². The first-order valence-corrected chi connectivity index (χ1v) is 7.98. The Morgan fingerprint density at radius 2 is 1.96 bits per heavy atom. The van der Waals surface area contributed by atoms with Crippen LogP contribution in [0.2, 0.25) is 0 Å². The molecule has 0 aliphatic heterocycles. The first-order valence-electron chi connectivity index (χ1n) is 7.98. The van der Waals surface area contributed by atoms with Crippen LogP contribution in [0.25, 0.3) is 0 Å². The van der Waals surface area contributed by atoms with Gasteiger partial charge >= 0.3 is 5.97 Å². The van der Waals surface area contributed by atoms with Crippen molar-refractivity contribution in [2.75, 3.05) is 6.54 Å². The molecule has 128 valence electrons. The minimum Gasteiger partial charge on any atom is -0.481 e. The van der Waals surface area contributed by atoms with Crippen molar-refractivity contribution in [3.05, 3.63) is 39.4 Å². The van der Waals surface area contributed by atoms with Crippen molar-refractivity contribution in [3.8, 4) is 0 Å². The summed E-state index contributed by atoms with van der Waals surface area (Å²) >= 11 is 0. The summed E-state index contributed by atoms with van der Waals surface area (Å²) < 4.78 is 0. The van der Waals surface area contributed by atoms with Crippen LogP contribution in [-0.4, -0.2) is 22.5 Å². The van der Waals surface area contributed by atoms with Gasteiger partial charge in [0.1, 0.15) is 0 Å². The predicted octanol–water partition coefficient (Wildman–Crippen LogP) is 3.70. The summed E-state index contributed by atoms with van der Waals surface area (Å²) in [5.74, 6) is -0.728. The number of hydrogen-bond donors (Lipinski definition) is 2. The highest BCUT2D eigenvalue weighted by Crippen LogP contribution is 2.28. The minimum atomic E-state index is -0.809. The maximum absolute atomic E-state index is 11.5. The number of aliphatic carboxylic acids is 1. The molecule has 0 fully saturated rings. The highest BCUT2D eigenvalue weighted by molar-refractivity contribution is 5.74. The molecule has 0 spiro atoms. The van der Waals surface area contributed by atoms with Crippen molar-refractivity contribution >= 4 is 11.7 Å². The van der Waals surface area contributed by atoms with E-state index in [-0.39, 0.29) is 16.5 Å². The van der Waals surface area contributed by atoms with Crippen LogP contribution in [0.15, 0.2) is 18.2 Å². The Morgan fingerprint density at radius 3 is 2.39 bits per heavy atom. The lowest BCUT2D eigenvalue weighted by Crippen LogP contribution is -2.40. The van der Waals surface area contributed by atoms with E-state index in [4.69, 9.17) is 0 Å². The smallest absolute Gasteiger partial charge is 0.310 e. The molecule has 0 unspecified atom stereocenters. The number of nitro benzene ring substituents is 1. The molecule has 23 heavy (non-hydrogen) atoms. The second-order valence-corrected chi connectivity index (χ2v) is 6.20. The van der Waals surface area contributed by atoms with E-state index in [9.17, 15) is 20.0 Å². The molecule has 0 aliphatic rings. The lowest BCUT2D eigenvalue weighted by atomic mass is 9.82. The summed E-state index contributed by atoms with van der Waals surface area (Å²) in [7, 11) is 0. The van der Waals surface area contributed by atoms with Gasteiger partial charge in [0.2, 0.25) is 0 Å². The molecule has 0 atom stereocenters. The fourth-order valence-corrected chi connectivity index (χ4v) is 2.67. The summed E-state index contributed by atoms with van der Waals surface area (Å²) in [6.07, 6.45) is 1.08. The Kier molecular flexibility index (Phi) is 6.69. The molecule has 1 rings (SSSR count). The zero-order valence-electron chi connectivity index (χ0n) is 14.3. The summed E-state index contributed by atoms with van der Waals surface area (Å²) in [5, 5.41) is 23.7. The van der Waals surface area contributed by atoms with E-state index in [0.717, 1.165) is 5.56 Å². The van der Waals surface area contributed by atoms with Crippen molar-refractivity contribution in [3.63, 3.8) is 0 Å². The predicted molar refractivity (Wildman–Crippen MR) is 89.5 cm³/mol. The van der Waals surface area contributed by atoms with Crippen LogP contribution in [-0.2, 0) is 11.3 Å². The second kappa shape index (κ2) is 8.06. The van der Waals surface area contributed by atoms with Crippen molar-refractivity contribution < 1.29 is 14.8 Å². The molecule has 0 saturated heterocycles. The van der Waals surface area contributed by atoms with Gasteiger partial charge in [-0.2, -0.15) is 0 Å². The molecule has 2 N–H and O–H groups in total. The van der Waals surface area contributed by atoms with E-state index in [1.807, 2.05) is 33.8 Å². The van der Waals surface area contributed by atoms with Crippen LogP contribution in [0.5, 0.6) is 0 Å². The molecule has 6 heteroatoms. The molecule has 0 amide bonds. The van der Waals surface area contributed by atoms with Crippen LogP contribution < -0.4 is 5.32 Å². The molecule has 6 nitrogen and oxygen atoms in total. The van der Waals surface area contributed by atoms with Crippen molar-refractivity contribution in [1.29, 1.82) is 0 Å². The number of rotatable bonds is 9. The highest BCUT2D eigenvalue weighted by atomic mass is 16.6. The Morgan fingerprint density at radius 1 is 1.35 bits per heavy atom. The largest absolute Gasteiger partial charge is 0.481 e. The lowest BCUT2D eigenvalue weighted by molar-refractivity contribution is -0.385. The SMILES string of the molecule is CCC(CC)(CNCc1ccc(C(C)C)c([N+](=O)[O-])c1)C(=O)O. The van der Waals surface area contributed by atoms with Crippen LogP contribution in [0, 0.1) is 15.5 Å². The third-order valence-corrected chi connectivity index (χ3v) is 4.51. The van der Waals surface area contributed by atoms with Gasteiger partial charge < -0.3 is 10.4 Å². The van der Waals surface area contributed by atoms with Crippen molar-refractivity contribution in [2.45, 2.75) is 53.0 Å². The summed E-state index contributed by atoms with van der Waals surface area (Å²) in [4.78, 5) is 22.3. The fourth-order valence-electron chi connectivity index (χ4n) is 2.67. The number of nitrogens with zero attached hydrogens (tertiary/aromatic N) is 1. The number of hydrogen-bond acceptors (Lipinski definition) is 4. The van der Waals surface area contributed by atoms with E-state index in [1.54, 1.807) is 12.1 Å². The number of benzene rings is 1. The van der Waals surface area contributed by atoms with Crippen molar-refractivity contribution in [2.24, 2.45) is 5.41 Å². The van der Waals surface area contributed by atoms with Gasteiger partial charge in [-0.1, -0.05) is 39.8 Å². The quantitative estimate of drug-likeness (QED) is 0.534. The molecule has 0 radical (unpaired) electrons. The van der Waals surface area contributed by atoms with Gasteiger partial charge in [0.25, 0.3) is 5.69 Å². The van der Waals surface area contributed by atoms with Gasteiger partial charge in [0, 0.05) is 24.7 Å². The highest BCUT2D eigenvalue weighted by Gasteiger charge is 2.34. The number of nitrogens with one attached hydrogen (secondary N) is 1. The molecular weight excluding hydrogens is 296 g/mol. The number of carboxylic acid groups (broad SMARTS) is 1. The third kappa shape index (κ3) is 4.51. The van der Waals surface area contributed by atoms with Crippen LogP contribution >= 0.6 is 0 Å². The van der Waals surface area contributed by atoms with E-state index >= 15 is 0 Å². The molecule has 0 bridgehead atoms. The summed E-state index contributed by atoms with van der Waals surface area (Å²) in [6.45, 7) is 8.32. The molecular formula is C17H26N2O4. The first-order chi connectivity index (χ1) is 10.8. The number of nitro groups is 1. The molecule has 0 aliphatic carbocycles. The standard InChI is InChI=1S/C17H26N2O4/c1-5-17(6-2,16(20)21)11-18-10-13-7-8-14(12(3)4)15(9-13)19(22)23/h7-9,12,18H,5-6,10-11H2,1-4H3,(H,20,21). The summed E-state index contributed by atoms with van der Waals surface area (Å²) in [5.41, 5.74) is 0.826. The Bertz CT molecular complexity index is 566. The Labute approximate surface area is 137 Å². The number of carbonyl (C=O) groups is 1. The number of carboxylic acids is 1. The van der Waals surface area contributed by atoms with Crippen LogP contribution in [0.1, 0.15) is 57.6 Å². The molecule has 0 aromatic heterocycles. The zero-order valence-corrected chi connectivity index (χ0v) is 14.3. The molecule has 1 aromatic rings. The second-order valence-electron chi connectivity index (χ2n) is 6.20. The lowest BCUT2D eigenvalue weighted by Gasteiger charge is -2.27. The van der Waals surface area contributed by atoms with Gasteiger partial charge in [-0.15, -0.1) is 0 Å². The Balaban J connectivity index is 2.85.